The molecule has 186 valence electrons. The largest absolute Gasteiger partial charge is 0.497 e. The van der Waals surface area contributed by atoms with Gasteiger partial charge < -0.3 is 15.0 Å². The van der Waals surface area contributed by atoms with Crippen molar-refractivity contribution in [1.82, 2.24) is 19.9 Å². The van der Waals surface area contributed by atoms with Crippen molar-refractivity contribution in [3.63, 3.8) is 0 Å². The number of carbonyl (C=O) groups is 2. The molecular formula is C27H28FN5O3. The minimum Gasteiger partial charge on any atom is -0.497 e. The second-order valence-electron chi connectivity index (χ2n) is 8.79. The number of amides is 2. The molecule has 0 aliphatic rings. The van der Waals surface area contributed by atoms with E-state index in [0.717, 1.165) is 5.52 Å². The SMILES string of the molecule is COc1ccc(NC(=O)C(C(C)C)N(Cc2ccc(F)cc2)C(=O)Cn2nnc3ccccc32)cc1. The molecule has 4 aromatic rings. The molecule has 0 spiro atoms. The molecule has 0 radical (unpaired) electrons. The van der Waals surface area contributed by atoms with Gasteiger partial charge in [0, 0.05) is 12.2 Å². The van der Waals surface area contributed by atoms with Crippen LogP contribution < -0.4 is 10.1 Å². The number of fused-ring (bicyclic) bond motifs is 1. The van der Waals surface area contributed by atoms with E-state index in [2.05, 4.69) is 15.6 Å². The quantitative estimate of drug-likeness (QED) is 0.379. The van der Waals surface area contributed by atoms with Gasteiger partial charge in [-0.3, -0.25) is 9.59 Å². The second kappa shape index (κ2) is 11.0. The fraction of sp³-hybridized carbons (Fsp3) is 0.259. The number of methoxy groups -OCH3 is 1. The smallest absolute Gasteiger partial charge is 0.247 e. The molecule has 0 aliphatic carbocycles. The first-order chi connectivity index (χ1) is 17.4. The number of halogens is 1. The Balaban J connectivity index is 1.63. The van der Waals surface area contributed by atoms with Crippen LogP contribution in [0.15, 0.2) is 72.8 Å². The van der Waals surface area contributed by atoms with Gasteiger partial charge >= 0.3 is 0 Å². The molecule has 1 unspecified atom stereocenters. The first-order valence-corrected chi connectivity index (χ1v) is 11.6. The number of benzene rings is 3. The molecule has 1 heterocycles. The summed E-state index contributed by atoms with van der Waals surface area (Å²) in [4.78, 5) is 28.7. The molecule has 1 aromatic heterocycles. The van der Waals surface area contributed by atoms with Crippen LogP contribution in [0.4, 0.5) is 10.1 Å². The molecular weight excluding hydrogens is 461 g/mol. The molecule has 1 atom stereocenters. The zero-order valence-corrected chi connectivity index (χ0v) is 20.4. The van der Waals surface area contributed by atoms with Crippen LogP contribution >= 0.6 is 0 Å². The summed E-state index contributed by atoms with van der Waals surface area (Å²) in [7, 11) is 1.57. The Morgan fingerprint density at radius 3 is 2.39 bits per heavy atom. The van der Waals surface area contributed by atoms with E-state index in [1.165, 1.54) is 21.7 Å². The maximum atomic E-state index is 13.7. The topological polar surface area (TPSA) is 89.4 Å². The monoisotopic (exact) mass is 489 g/mol. The molecule has 0 fully saturated rings. The fourth-order valence-electron chi connectivity index (χ4n) is 4.08. The van der Waals surface area contributed by atoms with Crippen LogP contribution in [0.5, 0.6) is 5.75 Å². The van der Waals surface area contributed by atoms with Crippen LogP contribution in [0, 0.1) is 11.7 Å². The average molecular weight is 490 g/mol. The number of hydrogen-bond acceptors (Lipinski definition) is 5. The van der Waals surface area contributed by atoms with Crippen molar-refractivity contribution in [2.24, 2.45) is 5.92 Å². The third-order valence-corrected chi connectivity index (χ3v) is 5.89. The third kappa shape index (κ3) is 5.68. The van der Waals surface area contributed by atoms with Crippen molar-refractivity contribution in [3.8, 4) is 5.75 Å². The predicted octanol–water partition coefficient (Wildman–Crippen LogP) is 4.27. The molecule has 0 saturated carbocycles. The number of nitrogens with zero attached hydrogens (tertiary/aromatic N) is 4. The lowest BCUT2D eigenvalue weighted by molar-refractivity contribution is -0.141. The van der Waals surface area contributed by atoms with Crippen molar-refractivity contribution in [2.75, 3.05) is 12.4 Å². The molecule has 0 saturated heterocycles. The minimum atomic E-state index is -0.792. The highest BCUT2D eigenvalue weighted by molar-refractivity contribution is 5.97. The number of para-hydroxylation sites is 1. The first kappa shape index (κ1) is 24.8. The van der Waals surface area contributed by atoms with Gasteiger partial charge in [0.25, 0.3) is 0 Å². The van der Waals surface area contributed by atoms with Crippen molar-refractivity contribution >= 4 is 28.5 Å². The summed E-state index contributed by atoms with van der Waals surface area (Å²) in [5, 5.41) is 11.2. The van der Waals surface area contributed by atoms with Gasteiger partial charge in [-0.25, -0.2) is 9.07 Å². The molecule has 3 aromatic carbocycles. The summed E-state index contributed by atoms with van der Waals surface area (Å²) in [6.45, 7) is 3.80. The molecule has 1 N–H and O–H groups in total. The summed E-state index contributed by atoms with van der Waals surface area (Å²) in [5.41, 5.74) is 2.68. The second-order valence-corrected chi connectivity index (χ2v) is 8.79. The van der Waals surface area contributed by atoms with E-state index in [9.17, 15) is 14.0 Å². The number of aromatic nitrogens is 3. The van der Waals surface area contributed by atoms with E-state index in [0.29, 0.717) is 22.5 Å². The van der Waals surface area contributed by atoms with E-state index in [-0.39, 0.29) is 36.6 Å². The summed E-state index contributed by atoms with van der Waals surface area (Å²) in [5.74, 6) is -0.544. The Labute approximate surface area is 208 Å². The van der Waals surface area contributed by atoms with Crippen LogP contribution in [0.2, 0.25) is 0 Å². The summed E-state index contributed by atoms with van der Waals surface area (Å²) in [6, 6.07) is 19.4. The van der Waals surface area contributed by atoms with Gasteiger partial charge in [-0.1, -0.05) is 43.3 Å². The lowest BCUT2D eigenvalue weighted by Crippen LogP contribution is -2.50. The van der Waals surface area contributed by atoms with Gasteiger partial charge in [-0.05, 0) is 60.0 Å². The summed E-state index contributed by atoms with van der Waals surface area (Å²) >= 11 is 0. The number of carbonyl (C=O) groups excluding carboxylic acids is 2. The Bertz CT molecular complexity index is 1340. The Morgan fingerprint density at radius 2 is 1.72 bits per heavy atom. The number of hydrogen-bond donors (Lipinski definition) is 1. The van der Waals surface area contributed by atoms with Crippen LogP contribution in [0.25, 0.3) is 11.0 Å². The third-order valence-electron chi connectivity index (χ3n) is 5.89. The van der Waals surface area contributed by atoms with Gasteiger partial charge in [0.15, 0.2) is 0 Å². The normalized spacial score (nSPS) is 11.9. The van der Waals surface area contributed by atoms with E-state index < -0.39 is 6.04 Å². The van der Waals surface area contributed by atoms with Gasteiger partial charge in [-0.15, -0.1) is 5.10 Å². The van der Waals surface area contributed by atoms with Crippen LogP contribution in [0.1, 0.15) is 19.4 Å². The maximum absolute atomic E-state index is 13.7. The zero-order chi connectivity index (χ0) is 25.7. The maximum Gasteiger partial charge on any atom is 0.247 e. The average Bonchev–Trinajstić information content (AvgIpc) is 3.28. The molecule has 8 nitrogen and oxygen atoms in total. The Morgan fingerprint density at radius 1 is 1.03 bits per heavy atom. The first-order valence-electron chi connectivity index (χ1n) is 11.6. The standard InChI is InChI=1S/C27H28FN5O3/c1-18(2)26(27(35)29-21-12-14-22(36-3)15-13-21)32(16-19-8-10-20(28)11-9-19)25(34)17-33-24-7-5-4-6-23(24)30-31-33/h4-15,18,26H,16-17H2,1-3H3,(H,29,35). The van der Waals surface area contributed by atoms with Crippen LogP contribution in [0.3, 0.4) is 0 Å². The van der Waals surface area contributed by atoms with Crippen molar-refractivity contribution in [1.29, 1.82) is 0 Å². The Kier molecular flexibility index (Phi) is 7.58. The molecule has 4 rings (SSSR count). The number of nitrogens with one attached hydrogen (secondary N) is 1. The van der Waals surface area contributed by atoms with Crippen LogP contribution in [-0.2, 0) is 22.7 Å². The molecule has 0 bridgehead atoms. The van der Waals surface area contributed by atoms with Gasteiger partial charge in [0.05, 0.1) is 12.6 Å². The zero-order valence-electron chi connectivity index (χ0n) is 20.4. The minimum absolute atomic E-state index is 0.0965. The molecule has 9 heteroatoms. The van der Waals surface area contributed by atoms with Gasteiger partial charge in [0.2, 0.25) is 11.8 Å². The van der Waals surface area contributed by atoms with E-state index in [1.54, 1.807) is 43.5 Å². The van der Waals surface area contributed by atoms with E-state index >= 15 is 0 Å². The van der Waals surface area contributed by atoms with Gasteiger partial charge in [0.1, 0.15) is 29.7 Å². The highest BCUT2D eigenvalue weighted by Crippen LogP contribution is 2.21. The lowest BCUT2D eigenvalue weighted by atomic mass is 10.00. The number of ether oxygens (including phenoxy) is 1. The fourth-order valence-corrected chi connectivity index (χ4v) is 4.08. The number of rotatable bonds is 9. The predicted molar refractivity (Wildman–Crippen MR) is 135 cm³/mol. The van der Waals surface area contributed by atoms with Gasteiger partial charge in [-0.2, -0.15) is 0 Å². The Hall–Kier alpha value is -4.27. The number of anilines is 1. The van der Waals surface area contributed by atoms with Crippen molar-refractivity contribution < 1.29 is 18.7 Å². The highest BCUT2D eigenvalue weighted by Gasteiger charge is 2.33. The van der Waals surface area contributed by atoms with E-state index in [1.807, 2.05) is 38.1 Å². The highest BCUT2D eigenvalue weighted by atomic mass is 19.1. The van der Waals surface area contributed by atoms with Crippen molar-refractivity contribution in [2.45, 2.75) is 33.0 Å². The molecule has 2 amide bonds. The molecule has 36 heavy (non-hydrogen) atoms. The molecule has 0 aliphatic heterocycles. The summed E-state index contributed by atoms with van der Waals surface area (Å²) in [6.07, 6.45) is 0. The van der Waals surface area contributed by atoms with Crippen molar-refractivity contribution in [3.05, 3.63) is 84.2 Å². The van der Waals surface area contributed by atoms with E-state index in [4.69, 9.17) is 4.74 Å². The summed E-state index contributed by atoms with van der Waals surface area (Å²) < 4.78 is 20.2. The lowest BCUT2D eigenvalue weighted by Gasteiger charge is -2.33. The van der Waals surface area contributed by atoms with Crippen LogP contribution in [-0.4, -0.2) is 44.9 Å².